The summed E-state index contributed by atoms with van der Waals surface area (Å²) in [6.45, 7) is 13.5. The Labute approximate surface area is 188 Å². The van der Waals surface area contributed by atoms with Crippen molar-refractivity contribution >= 4 is 31.8 Å². The molecule has 0 aliphatic carbocycles. The number of rotatable bonds is 10. The SMILES string of the molecule is COC(=O)CC(CC(C)=O)O[Si](C)(C)C(C)(C)C.COC(=O)CC(O)CC(C)=O.[2H]CF. The normalized spacial score (nSPS) is 13.2. The van der Waals surface area contributed by atoms with E-state index >= 15 is 0 Å². The molecule has 0 aliphatic rings. The van der Waals surface area contributed by atoms with Gasteiger partial charge in [-0.3, -0.25) is 23.6 Å². The molecular weight excluding hydrogens is 427 g/mol. The molecule has 31 heavy (non-hydrogen) atoms. The number of methoxy groups -OCH3 is 2. The van der Waals surface area contributed by atoms with Crippen molar-refractivity contribution in [2.45, 2.75) is 90.6 Å². The van der Waals surface area contributed by atoms with Gasteiger partial charge in [0.1, 0.15) is 11.6 Å². The fraction of sp³-hybridized carbons (Fsp3) is 0.810. The number of aliphatic hydroxyl groups excluding tert-OH is 1. The first-order valence-electron chi connectivity index (χ1n) is 10.5. The summed E-state index contributed by atoms with van der Waals surface area (Å²) in [4.78, 5) is 43.5. The molecule has 0 aliphatic heterocycles. The van der Waals surface area contributed by atoms with E-state index in [2.05, 4.69) is 43.3 Å². The average molecular weight is 470 g/mol. The van der Waals surface area contributed by atoms with Crippen molar-refractivity contribution in [1.29, 1.82) is 0 Å². The molecule has 184 valence electrons. The summed E-state index contributed by atoms with van der Waals surface area (Å²) in [5, 5.41) is 9.05. The van der Waals surface area contributed by atoms with Crippen molar-refractivity contribution in [3.05, 3.63) is 0 Å². The first-order chi connectivity index (χ1) is 14.5. The van der Waals surface area contributed by atoms with E-state index in [4.69, 9.17) is 10.9 Å². The Bertz CT molecular complexity index is 579. The number of carbonyl (C=O) groups is 4. The quantitative estimate of drug-likeness (QED) is 0.382. The van der Waals surface area contributed by atoms with E-state index in [1.54, 1.807) is 0 Å². The number of hydrogen-bond donors (Lipinski definition) is 1. The zero-order chi connectivity index (χ0) is 26.1. The van der Waals surface area contributed by atoms with Gasteiger partial charge in [-0.1, -0.05) is 20.8 Å². The molecule has 0 aromatic carbocycles. The second kappa shape index (κ2) is 17.0. The lowest BCUT2D eigenvalue weighted by Crippen LogP contribution is -2.44. The number of esters is 2. The Balaban J connectivity index is -0.000000510. The maximum Gasteiger partial charge on any atom is 0.308 e. The van der Waals surface area contributed by atoms with E-state index in [1.807, 2.05) is 0 Å². The second-order valence-corrected chi connectivity index (χ2v) is 13.3. The van der Waals surface area contributed by atoms with Crippen LogP contribution in [0, 0.1) is 0 Å². The van der Waals surface area contributed by atoms with Crippen molar-refractivity contribution in [1.82, 2.24) is 0 Å². The molecule has 0 bridgehead atoms. The molecule has 10 heteroatoms. The fourth-order valence-corrected chi connectivity index (χ4v) is 3.37. The van der Waals surface area contributed by atoms with Crippen LogP contribution in [0.1, 0.15) is 61.7 Å². The van der Waals surface area contributed by atoms with Crippen molar-refractivity contribution in [3.63, 3.8) is 0 Å². The van der Waals surface area contributed by atoms with Gasteiger partial charge in [0.25, 0.3) is 0 Å². The number of hydrogen-bond acceptors (Lipinski definition) is 8. The average Bonchev–Trinajstić information content (AvgIpc) is 2.59. The molecule has 2 atom stereocenters. The Morgan fingerprint density at radius 1 is 0.935 bits per heavy atom. The fourth-order valence-electron chi connectivity index (χ4n) is 2.02. The summed E-state index contributed by atoms with van der Waals surface area (Å²) < 4.78 is 30.5. The van der Waals surface area contributed by atoms with Crippen LogP contribution < -0.4 is 0 Å². The molecule has 0 saturated carbocycles. The third kappa shape index (κ3) is 18.8. The molecule has 0 heterocycles. The highest BCUT2D eigenvalue weighted by molar-refractivity contribution is 6.74. The van der Waals surface area contributed by atoms with Crippen LogP contribution in [-0.4, -0.2) is 70.5 Å². The van der Waals surface area contributed by atoms with Crippen LogP contribution in [0.25, 0.3) is 0 Å². The Morgan fingerprint density at radius 3 is 1.65 bits per heavy atom. The minimum Gasteiger partial charge on any atom is -0.469 e. The van der Waals surface area contributed by atoms with E-state index in [-0.39, 0.29) is 54.4 Å². The lowest BCUT2D eigenvalue weighted by Gasteiger charge is -2.39. The van der Waals surface area contributed by atoms with E-state index in [0.717, 1.165) is 0 Å². The van der Waals surface area contributed by atoms with Gasteiger partial charge in [-0.2, -0.15) is 0 Å². The van der Waals surface area contributed by atoms with Crippen LogP contribution in [0.15, 0.2) is 0 Å². The minimum absolute atomic E-state index is 0.00903. The summed E-state index contributed by atoms with van der Waals surface area (Å²) in [7, 11) is -0.389. The number of carbonyl (C=O) groups excluding carboxylic acids is 4. The van der Waals surface area contributed by atoms with Gasteiger partial charge in [0, 0.05) is 12.8 Å². The summed E-state index contributed by atoms with van der Waals surface area (Å²) in [5.74, 6) is -0.942. The smallest absolute Gasteiger partial charge is 0.308 e. The van der Waals surface area contributed by atoms with Crippen LogP contribution >= 0.6 is 0 Å². The van der Waals surface area contributed by atoms with Crippen molar-refractivity contribution in [2.24, 2.45) is 0 Å². The Hall–Kier alpha value is -1.65. The first kappa shape index (κ1) is 31.5. The standard InChI is InChI=1S/C13H26O4Si.C7H12O4.CH3F/c1-10(14)8-11(9-12(15)16-5)17-18(6,7)13(2,3)4;1-5(8)3-6(9)4-7(10)11-2;1-2/h11H,8-9H2,1-7H3;6,9H,3-4H2,1-2H3;1H3/i;;1D. The summed E-state index contributed by atoms with van der Waals surface area (Å²) in [6.07, 6.45) is -0.967. The summed E-state index contributed by atoms with van der Waals surface area (Å²) >= 11 is 0. The molecule has 0 saturated heterocycles. The van der Waals surface area contributed by atoms with Gasteiger partial charge in [-0.05, 0) is 32.0 Å². The van der Waals surface area contributed by atoms with Crippen LogP contribution in [-0.2, 0) is 33.1 Å². The highest BCUT2D eigenvalue weighted by atomic mass is 28.4. The lowest BCUT2D eigenvalue weighted by atomic mass is 10.1. The Morgan fingerprint density at radius 2 is 1.32 bits per heavy atom. The Kier molecular flexibility index (Phi) is 17.3. The van der Waals surface area contributed by atoms with Gasteiger partial charge in [-0.25, -0.2) is 0 Å². The predicted octanol–water partition coefficient (Wildman–Crippen LogP) is 3.39. The largest absolute Gasteiger partial charge is 0.469 e. The van der Waals surface area contributed by atoms with Gasteiger partial charge in [0.15, 0.2) is 8.32 Å². The number of Topliss-reactive ketones (excluding diaryl/α,β-unsaturated/α-hetero) is 2. The minimum atomic E-state index is -1.97. The third-order valence-electron chi connectivity index (χ3n) is 4.56. The zero-order valence-electron chi connectivity index (χ0n) is 21.4. The highest BCUT2D eigenvalue weighted by Gasteiger charge is 2.39. The van der Waals surface area contributed by atoms with Gasteiger partial charge in [0.2, 0.25) is 0 Å². The van der Waals surface area contributed by atoms with Gasteiger partial charge >= 0.3 is 11.9 Å². The molecular formula is C21H41FO8Si. The van der Waals surface area contributed by atoms with E-state index in [1.165, 1.54) is 28.1 Å². The molecule has 1 N–H and O–H groups in total. The predicted molar refractivity (Wildman–Crippen MR) is 119 cm³/mol. The van der Waals surface area contributed by atoms with Gasteiger partial charge < -0.3 is 19.0 Å². The zero-order valence-corrected chi connectivity index (χ0v) is 21.4. The molecule has 0 rings (SSSR count). The molecule has 0 aromatic heterocycles. The van der Waals surface area contributed by atoms with E-state index < -0.39 is 27.5 Å². The van der Waals surface area contributed by atoms with E-state index in [9.17, 15) is 23.6 Å². The number of ether oxygens (including phenoxy) is 2. The van der Waals surface area contributed by atoms with Gasteiger partial charge in [-0.15, -0.1) is 0 Å². The number of alkyl halides is 1. The third-order valence-corrected chi connectivity index (χ3v) is 9.09. The molecule has 0 fully saturated rings. The number of aliphatic hydroxyl groups is 1. The molecule has 0 aromatic rings. The maximum atomic E-state index is 11.3. The molecule has 2 unspecified atom stereocenters. The summed E-state index contributed by atoms with van der Waals surface area (Å²) in [6, 6.07) is 0. The highest BCUT2D eigenvalue weighted by Crippen LogP contribution is 2.38. The molecule has 0 radical (unpaired) electrons. The van der Waals surface area contributed by atoms with Crippen molar-refractivity contribution in [2.75, 3.05) is 21.4 Å². The molecule has 0 amide bonds. The molecule has 0 spiro atoms. The monoisotopic (exact) mass is 469 g/mol. The van der Waals surface area contributed by atoms with Crippen LogP contribution in [0.2, 0.25) is 18.1 Å². The van der Waals surface area contributed by atoms with Crippen molar-refractivity contribution in [3.8, 4) is 0 Å². The lowest BCUT2D eigenvalue weighted by molar-refractivity contribution is -0.144. The van der Waals surface area contributed by atoms with E-state index in [0.29, 0.717) is 0 Å². The van der Waals surface area contributed by atoms with Crippen LogP contribution in [0.3, 0.4) is 0 Å². The topological polar surface area (TPSA) is 116 Å². The van der Waals surface area contributed by atoms with Crippen LogP contribution in [0.4, 0.5) is 4.39 Å². The second-order valence-electron chi connectivity index (χ2n) is 8.53. The maximum absolute atomic E-state index is 11.3. The molecule has 8 nitrogen and oxygen atoms in total. The summed E-state index contributed by atoms with van der Waals surface area (Å²) in [5.41, 5.74) is 0. The van der Waals surface area contributed by atoms with Crippen molar-refractivity contribution < 1.29 is 43.9 Å². The first-order valence-corrected chi connectivity index (χ1v) is 12.7. The number of ketones is 2. The van der Waals surface area contributed by atoms with Gasteiger partial charge in [0.05, 0.1) is 47.8 Å². The number of halogens is 1. The van der Waals surface area contributed by atoms with Crippen LogP contribution in [0.5, 0.6) is 0 Å².